The maximum absolute atomic E-state index is 12.5. The van der Waals surface area contributed by atoms with Crippen molar-refractivity contribution in [3.63, 3.8) is 0 Å². The van der Waals surface area contributed by atoms with Crippen LogP contribution in [-0.4, -0.2) is 39.5 Å². The zero-order valence-corrected chi connectivity index (χ0v) is 14.7. The van der Waals surface area contributed by atoms with E-state index in [1.54, 1.807) is 12.1 Å². The van der Waals surface area contributed by atoms with Gasteiger partial charge in [0.1, 0.15) is 0 Å². The summed E-state index contributed by atoms with van der Waals surface area (Å²) in [5.74, 6) is 0.237. The van der Waals surface area contributed by atoms with Crippen LogP contribution in [0.5, 0.6) is 0 Å². The molecule has 3 rings (SSSR count). The number of sulfonamides is 1. The molecular weight excluding hydrogens is 326 g/mol. The summed E-state index contributed by atoms with van der Waals surface area (Å²) < 4.78 is 27.3. The van der Waals surface area contributed by atoms with Gasteiger partial charge in [0, 0.05) is 24.2 Å². The van der Waals surface area contributed by atoms with Gasteiger partial charge < -0.3 is 10.6 Å². The van der Waals surface area contributed by atoms with Crippen LogP contribution in [-0.2, 0) is 10.0 Å². The first-order valence-electron chi connectivity index (χ1n) is 8.60. The van der Waals surface area contributed by atoms with Crippen LogP contribution in [0.3, 0.4) is 0 Å². The molecule has 0 radical (unpaired) electrons. The van der Waals surface area contributed by atoms with Gasteiger partial charge >= 0.3 is 0 Å². The fourth-order valence-corrected chi connectivity index (χ4v) is 4.09. The van der Waals surface area contributed by atoms with Crippen LogP contribution in [0.2, 0.25) is 0 Å². The largest absolute Gasteiger partial charge is 0.348 e. The number of hydrogen-bond acceptors (Lipinski definition) is 4. The van der Waals surface area contributed by atoms with Gasteiger partial charge in [-0.2, -0.15) is 0 Å². The van der Waals surface area contributed by atoms with E-state index in [0.717, 1.165) is 32.2 Å². The van der Waals surface area contributed by atoms with Crippen LogP contribution in [0.4, 0.5) is 0 Å². The molecule has 6 nitrogen and oxygen atoms in total. The highest BCUT2D eigenvalue weighted by atomic mass is 32.2. The maximum Gasteiger partial charge on any atom is 0.251 e. The summed E-state index contributed by atoms with van der Waals surface area (Å²) in [7, 11) is -3.56. The van der Waals surface area contributed by atoms with E-state index in [1.807, 2.05) is 6.92 Å². The molecule has 1 aromatic carbocycles. The van der Waals surface area contributed by atoms with Gasteiger partial charge in [-0.15, -0.1) is 0 Å². The van der Waals surface area contributed by atoms with Gasteiger partial charge in [-0.3, -0.25) is 4.79 Å². The van der Waals surface area contributed by atoms with Crippen molar-refractivity contribution >= 4 is 15.9 Å². The van der Waals surface area contributed by atoms with E-state index >= 15 is 0 Å². The van der Waals surface area contributed by atoms with Crippen molar-refractivity contribution in [2.75, 3.05) is 13.1 Å². The fourth-order valence-electron chi connectivity index (χ4n) is 2.93. The molecule has 7 heteroatoms. The second kappa shape index (κ2) is 7.21. The topological polar surface area (TPSA) is 87.3 Å². The average molecular weight is 351 g/mol. The molecule has 1 aromatic rings. The molecule has 0 aromatic heterocycles. The lowest BCUT2D eigenvalue weighted by atomic mass is 9.99. The lowest BCUT2D eigenvalue weighted by Gasteiger charge is -2.30. The van der Waals surface area contributed by atoms with Crippen LogP contribution < -0.4 is 15.4 Å². The van der Waals surface area contributed by atoms with Gasteiger partial charge in [-0.25, -0.2) is 13.1 Å². The van der Waals surface area contributed by atoms with E-state index in [-0.39, 0.29) is 22.9 Å². The van der Waals surface area contributed by atoms with E-state index in [0.29, 0.717) is 18.0 Å². The number of rotatable bonds is 6. The highest BCUT2D eigenvalue weighted by Crippen LogP contribution is 2.28. The first kappa shape index (κ1) is 17.4. The van der Waals surface area contributed by atoms with Crippen molar-refractivity contribution < 1.29 is 13.2 Å². The van der Waals surface area contributed by atoms with E-state index in [4.69, 9.17) is 0 Å². The molecule has 0 bridgehead atoms. The predicted octanol–water partition coefficient (Wildman–Crippen LogP) is 1.25. The van der Waals surface area contributed by atoms with E-state index < -0.39 is 10.0 Å². The van der Waals surface area contributed by atoms with Crippen molar-refractivity contribution in [2.45, 2.75) is 49.6 Å². The van der Waals surface area contributed by atoms with E-state index in [1.165, 1.54) is 12.1 Å². The molecule has 2 fully saturated rings. The lowest BCUT2D eigenvalue weighted by molar-refractivity contribution is 0.0919. The Kier molecular flexibility index (Phi) is 5.22. The molecule has 132 valence electrons. The first-order valence-corrected chi connectivity index (χ1v) is 10.1. The molecule has 1 amide bonds. The molecule has 0 spiro atoms. The monoisotopic (exact) mass is 351 g/mol. The van der Waals surface area contributed by atoms with Crippen LogP contribution in [0, 0.1) is 5.92 Å². The third-order valence-corrected chi connectivity index (χ3v) is 6.16. The third kappa shape index (κ3) is 4.34. The standard InChI is InChI=1S/C17H25N3O3S/c1-12-16(6-3-9-18-12)20-17(21)14-4-2-5-15(10-14)24(22,23)19-11-13-7-8-13/h2,4-5,10,12-13,16,18-19H,3,6-9,11H2,1H3,(H,20,21). The molecule has 2 aliphatic rings. The first-order chi connectivity index (χ1) is 11.5. The summed E-state index contributed by atoms with van der Waals surface area (Å²) in [6, 6.07) is 6.52. The Morgan fingerprint density at radius 1 is 1.29 bits per heavy atom. The zero-order chi connectivity index (χ0) is 17.2. The Hall–Kier alpha value is -1.44. The maximum atomic E-state index is 12.5. The quantitative estimate of drug-likeness (QED) is 0.720. The second-order valence-corrected chi connectivity index (χ2v) is 8.56. The van der Waals surface area contributed by atoms with E-state index in [9.17, 15) is 13.2 Å². The molecule has 2 unspecified atom stereocenters. The van der Waals surface area contributed by atoms with Gasteiger partial charge in [0.05, 0.1) is 4.90 Å². The van der Waals surface area contributed by atoms with Crippen molar-refractivity contribution in [3.8, 4) is 0 Å². The summed E-state index contributed by atoms with van der Waals surface area (Å²) in [4.78, 5) is 12.6. The Morgan fingerprint density at radius 2 is 2.08 bits per heavy atom. The average Bonchev–Trinajstić information content (AvgIpc) is 3.40. The number of hydrogen-bond donors (Lipinski definition) is 3. The molecule has 3 N–H and O–H groups in total. The van der Waals surface area contributed by atoms with Crippen LogP contribution in [0.25, 0.3) is 0 Å². The van der Waals surface area contributed by atoms with Crippen molar-refractivity contribution in [1.82, 2.24) is 15.4 Å². The Bertz CT molecular complexity index is 701. The summed E-state index contributed by atoms with van der Waals surface area (Å²) >= 11 is 0. The molecule has 1 aliphatic carbocycles. The molecule has 24 heavy (non-hydrogen) atoms. The SMILES string of the molecule is CC1NCCCC1NC(=O)c1cccc(S(=O)(=O)NCC2CC2)c1. The summed E-state index contributed by atoms with van der Waals surface area (Å²) in [6.45, 7) is 3.49. The smallest absolute Gasteiger partial charge is 0.251 e. The predicted molar refractivity (Wildman–Crippen MR) is 92.3 cm³/mol. The molecular formula is C17H25N3O3S. The van der Waals surface area contributed by atoms with Crippen LogP contribution >= 0.6 is 0 Å². The van der Waals surface area contributed by atoms with Gasteiger partial charge in [0.25, 0.3) is 5.91 Å². The molecule has 1 heterocycles. The summed E-state index contributed by atoms with van der Waals surface area (Å²) in [5, 5.41) is 6.34. The zero-order valence-electron chi connectivity index (χ0n) is 13.9. The lowest BCUT2D eigenvalue weighted by Crippen LogP contribution is -2.51. The van der Waals surface area contributed by atoms with Crippen molar-refractivity contribution in [1.29, 1.82) is 0 Å². The highest BCUT2D eigenvalue weighted by Gasteiger charge is 2.26. The van der Waals surface area contributed by atoms with Crippen molar-refractivity contribution in [3.05, 3.63) is 29.8 Å². The Labute approximate surface area is 143 Å². The minimum Gasteiger partial charge on any atom is -0.348 e. The van der Waals surface area contributed by atoms with Gasteiger partial charge in [0.2, 0.25) is 10.0 Å². The number of carbonyl (C=O) groups excluding carboxylic acids is 1. The Balaban J connectivity index is 1.68. The second-order valence-electron chi connectivity index (χ2n) is 6.79. The molecule has 2 atom stereocenters. The molecule has 1 saturated carbocycles. The minimum absolute atomic E-state index is 0.0690. The fraction of sp³-hybridized carbons (Fsp3) is 0.588. The highest BCUT2D eigenvalue weighted by molar-refractivity contribution is 7.89. The van der Waals surface area contributed by atoms with Crippen molar-refractivity contribution in [2.24, 2.45) is 5.92 Å². The van der Waals surface area contributed by atoms with Crippen LogP contribution in [0.1, 0.15) is 43.0 Å². The minimum atomic E-state index is -3.56. The van der Waals surface area contributed by atoms with Gasteiger partial charge in [0.15, 0.2) is 0 Å². The number of nitrogens with one attached hydrogen (secondary N) is 3. The number of carbonyl (C=O) groups is 1. The van der Waals surface area contributed by atoms with E-state index in [2.05, 4.69) is 15.4 Å². The summed E-state index contributed by atoms with van der Waals surface area (Å²) in [6.07, 6.45) is 4.12. The van der Waals surface area contributed by atoms with Gasteiger partial charge in [-0.05, 0) is 63.3 Å². The number of amides is 1. The number of piperidine rings is 1. The van der Waals surface area contributed by atoms with Crippen LogP contribution in [0.15, 0.2) is 29.2 Å². The normalized spacial score (nSPS) is 24.5. The summed E-state index contributed by atoms with van der Waals surface area (Å²) in [5.41, 5.74) is 0.377. The van der Waals surface area contributed by atoms with Gasteiger partial charge in [-0.1, -0.05) is 6.07 Å². The molecule has 1 saturated heterocycles. The Morgan fingerprint density at radius 3 is 2.79 bits per heavy atom. The third-order valence-electron chi connectivity index (χ3n) is 4.74. The molecule has 1 aliphatic heterocycles. The number of benzene rings is 1.